The Bertz CT molecular complexity index is 2280. The smallest absolute Gasteiger partial charge is 0.422 e. The van der Waals surface area contributed by atoms with Gasteiger partial charge in [0.1, 0.15) is 38.6 Å². The van der Waals surface area contributed by atoms with Crippen molar-refractivity contribution in [1.82, 2.24) is 4.98 Å². The van der Waals surface area contributed by atoms with Crippen molar-refractivity contribution in [1.29, 1.82) is 0 Å². The summed E-state index contributed by atoms with van der Waals surface area (Å²) in [5.41, 5.74) is 9.14. The molecule has 1 heterocycles. The zero-order chi connectivity index (χ0) is 42.7. The molecule has 0 aliphatic rings. The van der Waals surface area contributed by atoms with Crippen LogP contribution in [0.3, 0.4) is 0 Å². The molecule has 300 valence electrons. The number of carbonyl (C=O) groups is 1. The Labute approximate surface area is 337 Å². The van der Waals surface area contributed by atoms with Gasteiger partial charge in [0.2, 0.25) is 10.6 Å². The largest absolute Gasteiger partial charge is 0.493 e. The molecule has 0 saturated carbocycles. The molecule has 3 N–H and O–H groups in total. The second-order valence-electron chi connectivity index (χ2n) is 12.0. The Balaban J connectivity index is 0.000000260. The normalized spacial score (nSPS) is 10.9. The number of allylic oxidation sites excluding steroid dienone is 1. The molecule has 0 fully saturated rings. The molecule has 0 atom stereocenters. The fourth-order valence-corrected chi connectivity index (χ4v) is 6.37. The number of benzene rings is 4. The van der Waals surface area contributed by atoms with Gasteiger partial charge in [-0.15, -0.1) is 0 Å². The molecule has 0 aliphatic carbocycles. The molecular formula is C40H33ClF6N2O6S2. The van der Waals surface area contributed by atoms with Gasteiger partial charge in [0, 0.05) is 16.7 Å². The van der Waals surface area contributed by atoms with Gasteiger partial charge in [-0.1, -0.05) is 84.2 Å². The van der Waals surface area contributed by atoms with Crippen LogP contribution in [0.15, 0.2) is 89.7 Å². The van der Waals surface area contributed by atoms with E-state index in [2.05, 4.69) is 9.72 Å². The van der Waals surface area contributed by atoms with Gasteiger partial charge < -0.3 is 20.3 Å². The Kier molecular flexibility index (Phi) is 16.1. The molecule has 0 radical (unpaired) electrons. The van der Waals surface area contributed by atoms with Crippen LogP contribution in [0.2, 0.25) is 0 Å². The van der Waals surface area contributed by atoms with E-state index in [4.69, 9.17) is 34.3 Å². The number of nitrogens with zero attached hydrogens (tertiary/aromatic N) is 1. The quantitative estimate of drug-likeness (QED) is 0.0490. The van der Waals surface area contributed by atoms with E-state index in [9.17, 15) is 45.8 Å². The fraction of sp³-hybridized carbons (Fsp3) is 0.200. The summed E-state index contributed by atoms with van der Waals surface area (Å²) < 4.78 is 82.3. The first-order chi connectivity index (χ1) is 26.6. The van der Waals surface area contributed by atoms with Crippen molar-refractivity contribution >= 4 is 56.9 Å². The van der Waals surface area contributed by atoms with Crippen molar-refractivity contribution in [3.63, 3.8) is 0 Å². The summed E-state index contributed by atoms with van der Waals surface area (Å²) in [4.78, 5) is 39.2. The van der Waals surface area contributed by atoms with E-state index >= 15 is 0 Å². The number of hydrogen-bond donors (Lipinski definition) is 2. The van der Waals surface area contributed by atoms with Crippen molar-refractivity contribution in [3.8, 4) is 39.1 Å². The first kappa shape index (κ1) is 45.8. The molecule has 0 unspecified atom stereocenters. The van der Waals surface area contributed by atoms with Crippen molar-refractivity contribution in [3.05, 3.63) is 128 Å². The number of thiocarbonyl (C=S) groups is 1. The Morgan fingerprint density at radius 1 is 0.807 bits per heavy atom. The standard InChI is InChI=1S/C20H16F3NO3S.C13H10ClF3O3.C7H7NS/c1-11-8-14(27-10-20(21,22)23)9-12(2)15(11)16-17(25)24-18(28-19(16)26)13-6-4-3-5-7-13;1-7-3-9(20-6-13(15,16)17)4-8(2)11(7)10(5-18)12(14)19;8-7(9)6-4-2-1-3-5-6/h3-9,25H,10H2,1-2H3;3-4H,6H2,1-2H3;1-5H,(H2,8,9). The predicted octanol–water partition coefficient (Wildman–Crippen LogP) is 9.65. The third kappa shape index (κ3) is 13.9. The summed E-state index contributed by atoms with van der Waals surface area (Å²) in [5, 5.41) is 9.84. The minimum Gasteiger partial charge on any atom is -0.493 e. The van der Waals surface area contributed by atoms with Crippen LogP contribution in [0.5, 0.6) is 17.4 Å². The number of aromatic hydroxyl groups is 1. The van der Waals surface area contributed by atoms with Crippen LogP contribution < -0.4 is 19.9 Å². The number of halogens is 7. The van der Waals surface area contributed by atoms with Crippen LogP contribution in [-0.4, -0.2) is 51.8 Å². The van der Waals surface area contributed by atoms with Crippen LogP contribution in [0, 0.1) is 27.7 Å². The molecule has 5 aromatic rings. The molecule has 0 amide bonds. The Morgan fingerprint density at radius 2 is 1.25 bits per heavy atom. The zero-order valence-corrected chi connectivity index (χ0v) is 32.9. The zero-order valence-electron chi connectivity index (χ0n) is 30.5. The lowest BCUT2D eigenvalue weighted by Gasteiger charge is -2.15. The highest BCUT2D eigenvalue weighted by Gasteiger charge is 2.30. The van der Waals surface area contributed by atoms with E-state index in [1.165, 1.54) is 44.1 Å². The summed E-state index contributed by atoms with van der Waals surface area (Å²) in [6.45, 7) is 3.50. The lowest BCUT2D eigenvalue weighted by molar-refractivity contribution is -0.154. The number of aromatic nitrogens is 1. The first-order valence-corrected chi connectivity index (χ1v) is 17.9. The van der Waals surface area contributed by atoms with Crippen LogP contribution in [0.25, 0.3) is 27.3 Å². The third-order valence-electron chi connectivity index (χ3n) is 7.52. The maximum absolute atomic E-state index is 12.7. The van der Waals surface area contributed by atoms with Gasteiger partial charge in [0.05, 0.1) is 0 Å². The molecule has 4 aromatic carbocycles. The molecule has 1 aromatic heterocycles. The summed E-state index contributed by atoms with van der Waals surface area (Å²) in [6, 6.07) is 23.9. The number of rotatable bonds is 9. The van der Waals surface area contributed by atoms with Crippen molar-refractivity contribution < 1.29 is 50.5 Å². The van der Waals surface area contributed by atoms with E-state index in [1.54, 1.807) is 38.1 Å². The summed E-state index contributed by atoms with van der Waals surface area (Å²) in [7, 11) is 0. The number of alkyl halides is 6. The second-order valence-corrected chi connectivity index (χ2v) is 13.8. The van der Waals surface area contributed by atoms with Crippen LogP contribution in [-0.2, 0) is 9.59 Å². The van der Waals surface area contributed by atoms with Crippen molar-refractivity contribution in [2.24, 2.45) is 5.73 Å². The predicted molar refractivity (Wildman–Crippen MR) is 212 cm³/mol. The van der Waals surface area contributed by atoms with Gasteiger partial charge in [0.25, 0.3) is 5.24 Å². The SMILES string of the molecule is Cc1cc(OCC(F)(F)F)cc(C)c1-c1c(O)nc(-c2ccccc2)sc1=O.Cc1cc(OCC(F)(F)F)cc(C)c1C(=C=O)C(=O)Cl.NC(=S)c1ccccc1. The third-order valence-corrected chi connectivity index (χ3v) is 8.85. The minimum absolute atomic E-state index is 0.00616. The molecule has 0 saturated heterocycles. The molecule has 8 nitrogen and oxygen atoms in total. The average molecular weight is 851 g/mol. The summed E-state index contributed by atoms with van der Waals surface area (Å²) in [5.74, 6) is 1.06. The van der Waals surface area contributed by atoms with E-state index < -0.39 is 36.7 Å². The van der Waals surface area contributed by atoms with Crippen molar-refractivity contribution in [2.75, 3.05) is 13.2 Å². The number of aryl methyl sites for hydroxylation is 4. The molecule has 0 spiro atoms. The number of hydrogen-bond acceptors (Lipinski definition) is 9. The fourth-order valence-electron chi connectivity index (χ4n) is 5.25. The van der Waals surface area contributed by atoms with Gasteiger partial charge in [-0.3, -0.25) is 9.59 Å². The molecule has 0 bridgehead atoms. The van der Waals surface area contributed by atoms with Gasteiger partial charge in [-0.05, 0) is 91.4 Å². The highest BCUT2D eigenvalue weighted by atomic mass is 35.5. The van der Waals surface area contributed by atoms with Gasteiger partial charge in [-0.2, -0.15) is 26.3 Å². The summed E-state index contributed by atoms with van der Waals surface area (Å²) in [6.07, 6.45) is -8.89. The van der Waals surface area contributed by atoms with Gasteiger partial charge in [-0.25, -0.2) is 9.78 Å². The number of ether oxygens (including phenoxy) is 2. The van der Waals surface area contributed by atoms with Crippen molar-refractivity contribution in [2.45, 2.75) is 40.0 Å². The highest BCUT2D eigenvalue weighted by molar-refractivity contribution is 7.80. The molecule has 5 rings (SSSR count). The van der Waals surface area contributed by atoms with E-state index in [0.29, 0.717) is 43.4 Å². The average Bonchev–Trinajstić information content (AvgIpc) is 3.12. The lowest BCUT2D eigenvalue weighted by atomic mass is 9.97. The van der Waals surface area contributed by atoms with Gasteiger partial charge in [0.15, 0.2) is 13.2 Å². The van der Waals surface area contributed by atoms with Crippen LogP contribution in [0.1, 0.15) is 33.4 Å². The van der Waals surface area contributed by atoms with E-state index in [1.807, 2.05) is 36.4 Å². The summed E-state index contributed by atoms with van der Waals surface area (Å²) >= 11 is 10.9. The minimum atomic E-state index is -4.44. The van der Waals surface area contributed by atoms with Gasteiger partial charge >= 0.3 is 12.4 Å². The van der Waals surface area contributed by atoms with E-state index in [0.717, 1.165) is 16.9 Å². The highest BCUT2D eigenvalue weighted by Crippen LogP contribution is 2.36. The van der Waals surface area contributed by atoms with E-state index in [-0.39, 0.29) is 32.9 Å². The maximum atomic E-state index is 12.7. The molecular weight excluding hydrogens is 818 g/mol. The Hall–Kier alpha value is -5.54. The second kappa shape index (κ2) is 20.1. The first-order valence-electron chi connectivity index (χ1n) is 16.3. The topological polar surface area (TPSA) is 129 Å². The molecule has 17 heteroatoms. The lowest BCUT2D eigenvalue weighted by Crippen LogP contribution is -2.19. The van der Waals surface area contributed by atoms with Crippen LogP contribution in [0.4, 0.5) is 26.3 Å². The monoisotopic (exact) mass is 850 g/mol. The molecule has 0 aliphatic heterocycles. The maximum Gasteiger partial charge on any atom is 0.422 e. The number of nitrogens with two attached hydrogens (primary N) is 1. The number of carbonyl (C=O) groups excluding carboxylic acids is 2. The van der Waals surface area contributed by atoms with Crippen LogP contribution >= 0.6 is 35.2 Å². The Morgan fingerprint density at radius 3 is 1.61 bits per heavy atom. The molecule has 57 heavy (non-hydrogen) atoms.